The maximum absolute atomic E-state index is 11.4. The lowest BCUT2D eigenvalue weighted by Gasteiger charge is -2.20. The Morgan fingerprint density at radius 1 is 1.00 bits per heavy atom. The van der Waals surface area contributed by atoms with Gasteiger partial charge >= 0.3 is 6.03 Å². The van der Waals surface area contributed by atoms with Crippen LogP contribution in [0.1, 0.15) is 12.8 Å². The molecule has 0 N–H and O–H groups in total. The Labute approximate surface area is 70.7 Å². The summed E-state index contributed by atoms with van der Waals surface area (Å²) in [6, 6.07) is -0.162. The summed E-state index contributed by atoms with van der Waals surface area (Å²) in [5.41, 5.74) is 0. The molecule has 2 fully saturated rings. The molecule has 0 unspecified atom stereocenters. The van der Waals surface area contributed by atoms with E-state index in [4.69, 9.17) is 9.68 Å². The summed E-state index contributed by atoms with van der Waals surface area (Å²) in [6.45, 7) is 2.64. The highest BCUT2D eigenvalue weighted by Crippen LogP contribution is 2.12. The maximum atomic E-state index is 11.4. The Hall–Kier alpha value is -0.810. The van der Waals surface area contributed by atoms with Gasteiger partial charge in [-0.15, -0.1) is 0 Å². The molecular formula is C7H12N2O3. The van der Waals surface area contributed by atoms with Crippen LogP contribution in [0.2, 0.25) is 0 Å². The van der Waals surface area contributed by atoms with Gasteiger partial charge < -0.3 is 0 Å². The van der Waals surface area contributed by atoms with E-state index in [2.05, 4.69) is 0 Å². The molecule has 0 spiro atoms. The van der Waals surface area contributed by atoms with Crippen molar-refractivity contribution in [3.63, 3.8) is 0 Å². The topological polar surface area (TPSA) is 42.0 Å². The first-order valence-corrected chi connectivity index (χ1v) is 4.23. The van der Waals surface area contributed by atoms with Crippen molar-refractivity contribution >= 4 is 6.03 Å². The maximum Gasteiger partial charge on any atom is 0.367 e. The quantitative estimate of drug-likeness (QED) is 0.530. The molecule has 0 radical (unpaired) electrons. The monoisotopic (exact) mass is 172 g/mol. The number of amides is 2. The lowest BCUT2D eigenvalue weighted by Crippen LogP contribution is -2.38. The summed E-state index contributed by atoms with van der Waals surface area (Å²) in [5, 5.41) is 2.73. The Morgan fingerprint density at radius 2 is 1.50 bits per heavy atom. The Bertz CT molecular complexity index is 155. The Balaban J connectivity index is 1.89. The van der Waals surface area contributed by atoms with Gasteiger partial charge in [0.05, 0.1) is 26.3 Å². The zero-order valence-electron chi connectivity index (χ0n) is 6.86. The first-order valence-electron chi connectivity index (χ1n) is 4.23. The first-order chi connectivity index (χ1) is 5.88. The van der Waals surface area contributed by atoms with Gasteiger partial charge in [0.15, 0.2) is 0 Å². The summed E-state index contributed by atoms with van der Waals surface area (Å²) in [4.78, 5) is 21.6. The van der Waals surface area contributed by atoms with Crippen LogP contribution in [0.4, 0.5) is 4.79 Å². The smallest absolute Gasteiger partial charge is 0.269 e. The summed E-state index contributed by atoms with van der Waals surface area (Å²) >= 11 is 0. The number of carbonyl (C=O) groups is 1. The molecule has 5 nitrogen and oxygen atoms in total. The van der Waals surface area contributed by atoms with E-state index in [0.29, 0.717) is 26.3 Å². The van der Waals surface area contributed by atoms with Gasteiger partial charge in [0, 0.05) is 0 Å². The van der Waals surface area contributed by atoms with Crippen LogP contribution in [0.25, 0.3) is 0 Å². The fourth-order valence-electron chi connectivity index (χ4n) is 1.32. The van der Waals surface area contributed by atoms with Crippen LogP contribution in [0, 0.1) is 0 Å². The van der Waals surface area contributed by atoms with Crippen molar-refractivity contribution in [2.24, 2.45) is 0 Å². The first kappa shape index (κ1) is 7.82. The molecular weight excluding hydrogens is 160 g/mol. The molecule has 0 atom stereocenters. The molecule has 68 valence electrons. The van der Waals surface area contributed by atoms with Crippen LogP contribution in [0.5, 0.6) is 0 Å². The van der Waals surface area contributed by atoms with Crippen LogP contribution < -0.4 is 0 Å². The Kier molecular flexibility index (Phi) is 2.14. The molecule has 5 heteroatoms. The minimum Gasteiger partial charge on any atom is -0.269 e. The molecule has 12 heavy (non-hydrogen) atoms. The van der Waals surface area contributed by atoms with Crippen LogP contribution in [0.3, 0.4) is 0 Å². The summed E-state index contributed by atoms with van der Waals surface area (Å²) in [7, 11) is 0. The van der Waals surface area contributed by atoms with Crippen LogP contribution >= 0.6 is 0 Å². The fraction of sp³-hybridized carbons (Fsp3) is 0.857. The summed E-state index contributed by atoms with van der Waals surface area (Å²) in [6.07, 6.45) is 1.83. The Morgan fingerprint density at radius 3 is 1.83 bits per heavy atom. The predicted molar refractivity (Wildman–Crippen MR) is 39.9 cm³/mol. The van der Waals surface area contributed by atoms with Gasteiger partial charge in [0.25, 0.3) is 0 Å². The van der Waals surface area contributed by atoms with E-state index >= 15 is 0 Å². The van der Waals surface area contributed by atoms with Crippen molar-refractivity contribution in [1.29, 1.82) is 0 Å². The molecule has 2 amide bonds. The van der Waals surface area contributed by atoms with Gasteiger partial charge in [0.2, 0.25) is 0 Å². The van der Waals surface area contributed by atoms with E-state index in [-0.39, 0.29) is 6.03 Å². The van der Waals surface area contributed by atoms with Gasteiger partial charge in [-0.25, -0.2) is 14.9 Å². The van der Waals surface area contributed by atoms with Crippen LogP contribution in [0.15, 0.2) is 0 Å². The van der Waals surface area contributed by atoms with Gasteiger partial charge in [-0.2, -0.15) is 0 Å². The third kappa shape index (κ3) is 1.37. The third-order valence-corrected chi connectivity index (χ3v) is 1.93. The molecule has 2 aliphatic rings. The van der Waals surface area contributed by atoms with E-state index in [1.54, 1.807) is 0 Å². The lowest BCUT2D eigenvalue weighted by molar-refractivity contribution is -0.133. The van der Waals surface area contributed by atoms with E-state index in [9.17, 15) is 4.79 Å². The van der Waals surface area contributed by atoms with Crippen molar-refractivity contribution < 1.29 is 14.5 Å². The lowest BCUT2D eigenvalue weighted by atomic mass is 10.5. The highest BCUT2D eigenvalue weighted by atomic mass is 16.7. The number of hydroxylamine groups is 4. The van der Waals surface area contributed by atoms with Gasteiger partial charge in [0.1, 0.15) is 0 Å². The molecule has 2 heterocycles. The van der Waals surface area contributed by atoms with E-state index in [1.165, 1.54) is 10.1 Å². The average molecular weight is 172 g/mol. The SMILES string of the molecule is O=C(N1CCCO1)N1CCCO1. The molecule has 0 aromatic heterocycles. The van der Waals surface area contributed by atoms with Crippen molar-refractivity contribution in [2.45, 2.75) is 12.8 Å². The molecule has 0 aliphatic carbocycles. The van der Waals surface area contributed by atoms with Crippen molar-refractivity contribution in [3.8, 4) is 0 Å². The molecule has 2 aliphatic heterocycles. The molecule has 2 rings (SSSR count). The van der Waals surface area contributed by atoms with Crippen molar-refractivity contribution in [1.82, 2.24) is 10.1 Å². The number of hydrogen-bond acceptors (Lipinski definition) is 3. The number of nitrogens with zero attached hydrogens (tertiary/aromatic N) is 2. The zero-order chi connectivity index (χ0) is 8.39. The second-order valence-corrected chi connectivity index (χ2v) is 2.86. The molecule has 0 bridgehead atoms. The van der Waals surface area contributed by atoms with E-state index in [1.807, 2.05) is 0 Å². The predicted octanol–water partition coefficient (Wildman–Crippen LogP) is 0.381. The minimum atomic E-state index is -0.162. The van der Waals surface area contributed by atoms with Crippen molar-refractivity contribution in [2.75, 3.05) is 26.3 Å². The highest BCUT2D eigenvalue weighted by molar-refractivity contribution is 5.72. The molecule has 0 aromatic carbocycles. The molecule has 0 aromatic rings. The number of urea groups is 1. The van der Waals surface area contributed by atoms with Crippen LogP contribution in [-0.2, 0) is 9.68 Å². The highest BCUT2D eigenvalue weighted by Gasteiger charge is 2.27. The standard InChI is InChI=1S/C7H12N2O3/c10-7(8-3-1-5-11-8)9-4-2-6-12-9/h1-6H2. The van der Waals surface area contributed by atoms with Crippen LogP contribution in [-0.4, -0.2) is 42.5 Å². The van der Waals surface area contributed by atoms with Gasteiger partial charge in [-0.3, -0.25) is 9.68 Å². The second-order valence-electron chi connectivity index (χ2n) is 2.86. The number of rotatable bonds is 0. The second kappa shape index (κ2) is 3.28. The summed E-state index contributed by atoms with van der Waals surface area (Å²) in [5.74, 6) is 0. The van der Waals surface area contributed by atoms with Crippen molar-refractivity contribution in [3.05, 3.63) is 0 Å². The molecule has 0 saturated carbocycles. The third-order valence-electron chi connectivity index (χ3n) is 1.93. The largest absolute Gasteiger partial charge is 0.367 e. The number of carbonyl (C=O) groups excluding carboxylic acids is 1. The zero-order valence-corrected chi connectivity index (χ0v) is 6.86. The normalized spacial score (nSPS) is 23.7. The van der Waals surface area contributed by atoms with E-state index in [0.717, 1.165) is 12.8 Å². The molecule has 2 saturated heterocycles. The minimum absolute atomic E-state index is 0.162. The summed E-state index contributed by atoms with van der Waals surface area (Å²) < 4.78 is 0. The van der Waals surface area contributed by atoms with Gasteiger partial charge in [-0.1, -0.05) is 0 Å². The van der Waals surface area contributed by atoms with Gasteiger partial charge in [-0.05, 0) is 12.8 Å². The number of hydrogen-bond donors (Lipinski definition) is 0. The average Bonchev–Trinajstić information content (AvgIpc) is 2.77. The fourth-order valence-corrected chi connectivity index (χ4v) is 1.32. The van der Waals surface area contributed by atoms with E-state index < -0.39 is 0 Å².